The van der Waals surface area contributed by atoms with E-state index in [-0.39, 0.29) is 23.7 Å². The fraction of sp³-hybridized carbons (Fsp3) is 0.250. The number of ether oxygens (including phenoxy) is 1. The number of pyridine rings is 1. The van der Waals surface area contributed by atoms with Gasteiger partial charge in [-0.15, -0.1) is 0 Å². The highest BCUT2D eigenvalue weighted by molar-refractivity contribution is 5.95. The molecule has 0 radical (unpaired) electrons. The van der Waals surface area contributed by atoms with Crippen molar-refractivity contribution in [2.45, 2.75) is 19.3 Å². The number of hydrogen-bond donors (Lipinski definition) is 1. The van der Waals surface area contributed by atoms with E-state index in [1.54, 1.807) is 25.4 Å². The Morgan fingerprint density at radius 2 is 1.92 bits per heavy atom. The molecule has 1 amide bonds. The number of rotatable bonds is 6. The molecule has 2 unspecified atom stereocenters. The number of carbonyl (C=O) groups excluding carboxylic acids is 2. The SMILES string of the molecule is CCOC(=O)/C=C/c1ccc(NC(=O)C2CC2c2ccncc2)cc1. The minimum Gasteiger partial charge on any atom is -0.463 e. The van der Waals surface area contributed by atoms with Crippen molar-refractivity contribution in [2.75, 3.05) is 11.9 Å². The number of esters is 1. The highest BCUT2D eigenvalue weighted by Crippen LogP contribution is 2.47. The lowest BCUT2D eigenvalue weighted by atomic mass is 10.1. The van der Waals surface area contributed by atoms with Crippen molar-refractivity contribution in [3.05, 3.63) is 66.0 Å². The molecule has 1 aromatic carbocycles. The van der Waals surface area contributed by atoms with Gasteiger partial charge in [0.25, 0.3) is 0 Å². The summed E-state index contributed by atoms with van der Waals surface area (Å²) in [5, 5.41) is 2.95. The van der Waals surface area contributed by atoms with Gasteiger partial charge in [0.2, 0.25) is 5.91 Å². The zero-order valence-electron chi connectivity index (χ0n) is 14.0. The van der Waals surface area contributed by atoms with Crippen LogP contribution in [0, 0.1) is 5.92 Å². The van der Waals surface area contributed by atoms with Gasteiger partial charge in [0.1, 0.15) is 0 Å². The second-order valence-electron chi connectivity index (χ2n) is 5.93. The number of benzene rings is 1. The van der Waals surface area contributed by atoms with Crippen LogP contribution in [0.3, 0.4) is 0 Å². The predicted molar refractivity (Wildman–Crippen MR) is 95.8 cm³/mol. The van der Waals surface area contributed by atoms with Crippen LogP contribution in [0.25, 0.3) is 6.08 Å². The Labute approximate surface area is 146 Å². The molecule has 1 N–H and O–H groups in total. The minimum absolute atomic E-state index is 0.0192. The summed E-state index contributed by atoms with van der Waals surface area (Å²) >= 11 is 0. The van der Waals surface area contributed by atoms with Crippen LogP contribution in [0.4, 0.5) is 5.69 Å². The molecule has 3 rings (SSSR count). The van der Waals surface area contributed by atoms with Crippen molar-refractivity contribution in [1.82, 2.24) is 4.98 Å². The maximum atomic E-state index is 12.3. The standard InChI is InChI=1S/C20H20N2O3/c1-2-25-19(23)8-5-14-3-6-16(7-4-14)22-20(24)18-13-17(18)15-9-11-21-12-10-15/h3-12,17-18H,2,13H2,1H3,(H,22,24)/b8-5+. The minimum atomic E-state index is -0.365. The van der Waals surface area contributed by atoms with Gasteiger partial charge in [0.05, 0.1) is 6.61 Å². The van der Waals surface area contributed by atoms with E-state index >= 15 is 0 Å². The molecule has 1 aliphatic rings. The molecule has 5 heteroatoms. The van der Waals surface area contributed by atoms with Crippen molar-refractivity contribution in [3.8, 4) is 0 Å². The Bertz CT molecular complexity index is 769. The van der Waals surface area contributed by atoms with Gasteiger partial charge in [0.15, 0.2) is 0 Å². The second kappa shape index (κ2) is 7.75. The maximum absolute atomic E-state index is 12.3. The highest BCUT2D eigenvalue weighted by Gasteiger charge is 2.43. The van der Waals surface area contributed by atoms with Crippen LogP contribution in [0.2, 0.25) is 0 Å². The molecule has 0 bridgehead atoms. The third-order valence-electron chi connectivity index (χ3n) is 4.14. The summed E-state index contributed by atoms with van der Waals surface area (Å²) in [7, 11) is 0. The molecule has 1 saturated carbocycles. The number of aromatic nitrogens is 1. The van der Waals surface area contributed by atoms with Crippen LogP contribution in [-0.4, -0.2) is 23.5 Å². The molecule has 1 fully saturated rings. The zero-order valence-corrected chi connectivity index (χ0v) is 14.0. The van der Waals surface area contributed by atoms with Gasteiger partial charge in [-0.1, -0.05) is 12.1 Å². The number of nitrogens with zero attached hydrogens (tertiary/aromatic N) is 1. The van der Waals surface area contributed by atoms with Crippen LogP contribution in [-0.2, 0) is 14.3 Å². The van der Waals surface area contributed by atoms with E-state index in [0.29, 0.717) is 6.61 Å². The fourth-order valence-corrected chi connectivity index (χ4v) is 2.73. The van der Waals surface area contributed by atoms with E-state index in [0.717, 1.165) is 23.2 Å². The molecular formula is C20H20N2O3. The Balaban J connectivity index is 1.54. The smallest absolute Gasteiger partial charge is 0.330 e. The molecule has 1 aliphatic carbocycles. The quantitative estimate of drug-likeness (QED) is 0.648. The molecule has 128 valence electrons. The third-order valence-corrected chi connectivity index (χ3v) is 4.14. The van der Waals surface area contributed by atoms with Gasteiger partial charge in [-0.3, -0.25) is 9.78 Å². The Hall–Kier alpha value is -2.95. The van der Waals surface area contributed by atoms with Crippen LogP contribution in [0.1, 0.15) is 30.4 Å². The molecule has 2 aromatic rings. The van der Waals surface area contributed by atoms with Crippen molar-refractivity contribution in [1.29, 1.82) is 0 Å². The van der Waals surface area contributed by atoms with Crippen molar-refractivity contribution in [3.63, 3.8) is 0 Å². The monoisotopic (exact) mass is 336 g/mol. The molecule has 0 spiro atoms. The Kier molecular flexibility index (Phi) is 5.23. The van der Waals surface area contributed by atoms with E-state index < -0.39 is 0 Å². The number of carbonyl (C=O) groups is 2. The summed E-state index contributed by atoms with van der Waals surface area (Å²) in [6.45, 7) is 2.12. The van der Waals surface area contributed by atoms with E-state index in [1.807, 2.05) is 36.4 Å². The van der Waals surface area contributed by atoms with E-state index in [9.17, 15) is 9.59 Å². The van der Waals surface area contributed by atoms with Gasteiger partial charge in [-0.2, -0.15) is 0 Å². The maximum Gasteiger partial charge on any atom is 0.330 e. The first-order valence-electron chi connectivity index (χ1n) is 8.33. The van der Waals surface area contributed by atoms with Crippen LogP contribution >= 0.6 is 0 Å². The lowest BCUT2D eigenvalue weighted by Gasteiger charge is -2.05. The normalized spacial score (nSPS) is 18.8. The first-order valence-corrected chi connectivity index (χ1v) is 8.33. The number of hydrogen-bond acceptors (Lipinski definition) is 4. The van der Waals surface area contributed by atoms with Crippen LogP contribution in [0.15, 0.2) is 54.9 Å². The van der Waals surface area contributed by atoms with Crippen molar-refractivity contribution < 1.29 is 14.3 Å². The fourth-order valence-electron chi connectivity index (χ4n) is 2.73. The second-order valence-corrected chi connectivity index (χ2v) is 5.93. The molecular weight excluding hydrogens is 316 g/mol. The predicted octanol–water partition coefficient (Wildman–Crippen LogP) is 3.40. The molecule has 1 aromatic heterocycles. The van der Waals surface area contributed by atoms with Gasteiger partial charge >= 0.3 is 5.97 Å². The van der Waals surface area contributed by atoms with E-state index in [1.165, 1.54) is 6.08 Å². The molecule has 1 heterocycles. The lowest BCUT2D eigenvalue weighted by molar-refractivity contribution is -0.137. The van der Waals surface area contributed by atoms with Crippen molar-refractivity contribution in [2.24, 2.45) is 5.92 Å². The van der Waals surface area contributed by atoms with E-state index in [4.69, 9.17) is 4.74 Å². The Morgan fingerprint density at radius 3 is 2.60 bits per heavy atom. The summed E-state index contributed by atoms with van der Waals surface area (Å²) in [6.07, 6.45) is 7.46. The van der Waals surface area contributed by atoms with Crippen molar-refractivity contribution >= 4 is 23.6 Å². The Morgan fingerprint density at radius 1 is 1.20 bits per heavy atom. The average molecular weight is 336 g/mol. The summed E-state index contributed by atoms with van der Waals surface area (Å²) in [4.78, 5) is 27.6. The average Bonchev–Trinajstić information content (AvgIpc) is 3.43. The number of amides is 1. The van der Waals surface area contributed by atoms with E-state index in [2.05, 4.69) is 10.3 Å². The topological polar surface area (TPSA) is 68.3 Å². The van der Waals surface area contributed by atoms with Gasteiger partial charge in [-0.25, -0.2) is 4.79 Å². The molecule has 0 saturated heterocycles. The van der Waals surface area contributed by atoms with Crippen LogP contribution in [0.5, 0.6) is 0 Å². The largest absolute Gasteiger partial charge is 0.463 e. The number of anilines is 1. The molecule has 5 nitrogen and oxygen atoms in total. The highest BCUT2D eigenvalue weighted by atomic mass is 16.5. The summed E-state index contributed by atoms with van der Waals surface area (Å²) in [6, 6.07) is 11.3. The molecule has 0 aliphatic heterocycles. The summed E-state index contributed by atoms with van der Waals surface area (Å²) < 4.78 is 4.83. The van der Waals surface area contributed by atoms with Gasteiger partial charge in [0, 0.05) is 30.1 Å². The first kappa shape index (κ1) is 16.9. The number of nitrogens with one attached hydrogen (secondary N) is 1. The lowest BCUT2D eigenvalue weighted by Crippen LogP contribution is -2.14. The molecule has 25 heavy (non-hydrogen) atoms. The summed E-state index contributed by atoms with van der Waals surface area (Å²) in [5.74, 6) is -0.0204. The third kappa shape index (κ3) is 4.53. The first-order chi connectivity index (χ1) is 12.2. The molecule has 2 atom stereocenters. The summed E-state index contributed by atoms with van der Waals surface area (Å²) in [5.41, 5.74) is 2.78. The zero-order chi connectivity index (χ0) is 17.6. The van der Waals surface area contributed by atoms with Gasteiger partial charge < -0.3 is 10.1 Å². The van der Waals surface area contributed by atoms with Crippen LogP contribution < -0.4 is 5.32 Å². The van der Waals surface area contributed by atoms with Gasteiger partial charge in [-0.05, 0) is 60.7 Å².